The molecule has 2 fully saturated rings. The van der Waals surface area contributed by atoms with Gasteiger partial charge in [0.1, 0.15) is 0 Å². The fourth-order valence-corrected chi connectivity index (χ4v) is 3.82. The van der Waals surface area contributed by atoms with Crippen molar-refractivity contribution >= 4 is 23.6 Å². The minimum absolute atomic E-state index is 0.0174. The zero-order chi connectivity index (χ0) is 17.4. The van der Waals surface area contributed by atoms with Crippen LogP contribution in [0.2, 0.25) is 0 Å². The van der Waals surface area contributed by atoms with Crippen molar-refractivity contribution in [3.05, 3.63) is 0 Å². The smallest absolute Gasteiger partial charge is 0.313 e. The molecule has 2 aliphatic heterocycles. The number of nitrogens with zero attached hydrogens (tertiary/aromatic N) is 3. The summed E-state index contributed by atoms with van der Waals surface area (Å²) in [5, 5.41) is 8.75. The first-order chi connectivity index (χ1) is 11.6. The van der Waals surface area contributed by atoms with E-state index in [1.807, 2.05) is 4.90 Å². The van der Waals surface area contributed by atoms with Gasteiger partial charge in [-0.25, -0.2) is 0 Å². The summed E-state index contributed by atoms with van der Waals surface area (Å²) in [6, 6.07) is 0.278. The van der Waals surface area contributed by atoms with Crippen LogP contribution in [0.5, 0.6) is 0 Å². The lowest BCUT2D eigenvalue weighted by atomic mass is 10.0. The van der Waals surface area contributed by atoms with E-state index in [0.29, 0.717) is 0 Å². The standard InChI is InChI=1S/C16H29N3O4S/c1-17-4-2-14(3-5-17)19(15(20)12-24-13-16(21)22)7-6-18-8-10-23-11-9-18/h14H,2-13H2,1H3,(H,21,22). The molecule has 2 aliphatic rings. The van der Waals surface area contributed by atoms with Crippen LogP contribution in [0.3, 0.4) is 0 Å². The third kappa shape index (κ3) is 6.58. The molecular weight excluding hydrogens is 330 g/mol. The average molecular weight is 359 g/mol. The second-order valence-corrected chi connectivity index (χ2v) is 7.45. The summed E-state index contributed by atoms with van der Waals surface area (Å²) >= 11 is 1.19. The Labute approximate surface area is 148 Å². The zero-order valence-corrected chi connectivity index (χ0v) is 15.3. The number of rotatable bonds is 8. The molecule has 0 aromatic rings. The van der Waals surface area contributed by atoms with Crippen molar-refractivity contribution < 1.29 is 19.4 Å². The highest BCUT2D eigenvalue weighted by atomic mass is 32.2. The van der Waals surface area contributed by atoms with Crippen molar-refractivity contribution in [3.8, 4) is 0 Å². The number of likely N-dealkylation sites (tertiary alicyclic amines) is 1. The van der Waals surface area contributed by atoms with Gasteiger partial charge < -0.3 is 19.6 Å². The molecule has 0 atom stereocenters. The van der Waals surface area contributed by atoms with E-state index >= 15 is 0 Å². The highest BCUT2D eigenvalue weighted by Crippen LogP contribution is 2.17. The predicted molar refractivity (Wildman–Crippen MR) is 94.5 cm³/mol. The highest BCUT2D eigenvalue weighted by molar-refractivity contribution is 8.00. The normalized spacial score (nSPS) is 20.9. The number of piperidine rings is 1. The van der Waals surface area contributed by atoms with Gasteiger partial charge in [-0.15, -0.1) is 11.8 Å². The van der Waals surface area contributed by atoms with Gasteiger partial charge in [-0.2, -0.15) is 0 Å². The van der Waals surface area contributed by atoms with Crippen LogP contribution in [0.25, 0.3) is 0 Å². The summed E-state index contributed by atoms with van der Waals surface area (Å²) in [7, 11) is 2.11. The van der Waals surface area contributed by atoms with Crippen LogP contribution in [-0.4, -0.2) is 109 Å². The monoisotopic (exact) mass is 359 g/mol. The molecule has 2 heterocycles. The second kappa shape index (κ2) is 10.2. The number of carbonyl (C=O) groups excluding carboxylic acids is 1. The van der Waals surface area contributed by atoms with Gasteiger partial charge >= 0.3 is 5.97 Å². The molecule has 2 rings (SSSR count). The minimum Gasteiger partial charge on any atom is -0.481 e. The van der Waals surface area contributed by atoms with E-state index < -0.39 is 5.97 Å². The summed E-state index contributed by atoms with van der Waals surface area (Å²) in [4.78, 5) is 29.9. The quantitative estimate of drug-likeness (QED) is 0.657. The number of aliphatic carboxylic acids is 1. The Bertz CT molecular complexity index is 410. The second-order valence-electron chi connectivity index (χ2n) is 6.46. The van der Waals surface area contributed by atoms with Crippen LogP contribution in [0.1, 0.15) is 12.8 Å². The highest BCUT2D eigenvalue weighted by Gasteiger charge is 2.27. The zero-order valence-electron chi connectivity index (χ0n) is 14.5. The van der Waals surface area contributed by atoms with Gasteiger partial charge in [-0.3, -0.25) is 14.5 Å². The van der Waals surface area contributed by atoms with E-state index in [2.05, 4.69) is 16.8 Å². The molecule has 0 aromatic carbocycles. The third-order valence-electron chi connectivity index (χ3n) is 4.66. The lowest BCUT2D eigenvalue weighted by molar-refractivity contribution is -0.134. The molecule has 1 N–H and O–H groups in total. The maximum atomic E-state index is 12.6. The molecule has 0 unspecified atom stereocenters. The number of morpholine rings is 1. The van der Waals surface area contributed by atoms with Crippen molar-refractivity contribution in [1.29, 1.82) is 0 Å². The van der Waals surface area contributed by atoms with E-state index in [0.717, 1.165) is 65.3 Å². The van der Waals surface area contributed by atoms with Crippen molar-refractivity contribution in [3.63, 3.8) is 0 Å². The Balaban J connectivity index is 1.86. The number of carboxylic acids is 1. The first-order valence-corrected chi connectivity index (χ1v) is 9.79. The molecule has 0 saturated carbocycles. The topological polar surface area (TPSA) is 73.3 Å². The van der Waals surface area contributed by atoms with Crippen molar-refractivity contribution in [2.45, 2.75) is 18.9 Å². The molecule has 24 heavy (non-hydrogen) atoms. The Morgan fingerprint density at radius 1 is 1.17 bits per heavy atom. The van der Waals surface area contributed by atoms with Gasteiger partial charge in [0.05, 0.1) is 24.7 Å². The number of carboxylic acid groups (broad SMARTS) is 1. The first-order valence-electron chi connectivity index (χ1n) is 8.64. The van der Waals surface area contributed by atoms with Crippen LogP contribution >= 0.6 is 11.8 Å². The molecule has 0 bridgehead atoms. The molecular formula is C16H29N3O4S. The molecule has 0 radical (unpaired) electrons. The number of thioether (sulfide) groups is 1. The van der Waals surface area contributed by atoms with E-state index in [4.69, 9.17) is 9.84 Å². The van der Waals surface area contributed by atoms with Gasteiger partial charge in [-0.05, 0) is 33.0 Å². The number of amides is 1. The summed E-state index contributed by atoms with van der Waals surface area (Å²) in [6.45, 7) is 6.97. The Kier molecular flexibility index (Phi) is 8.31. The molecule has 7 nitrogen and oxygen atoms in total. The molecule has 2 saturated heterocycles. The molecule has 0 aromatic heterocycles. The van der Waals surface area contributed by atoms with E-state index in [1.165, 1.54) is 11.8 Å². The summed E-state index contributed by atoms with van der Waals surface area (Å²) in [6.07, 6.45) is 1.99. The predicted octanol–water partition coefficient (Wildman–Crippen LogP) is 0.0592. The van der Waals surface area contributed by atoms with Crippen molar-refractivity contribution in [2.75, 3.05) is 71.0 Å². The Hall–Kier alpha value is -0.830. The molecule has 0 spiro atoms. The lowest BCUT2D eigenvalue weighted by Gasteiger charge is -2.38. The molecule has 1 amide bonds. The van der Waals surface area contributed by atoms with Crippen LogP contribution in [-0.2, 0) is 14.3 Å². The Morgan fingerprint density at radius 2 is 1.83 bits per heavy atom. The number of carbonyl (C=O) groups is 2. The van der Waals surface area contributed by atoms with Crippen molar-refractivity contribution in [1.82, 2.24) is 14.7 Å². The van der Waals surface area contributed by atoms with Gasteiger partial charge in [0.2, 0.25) is 5.91 Å². The van der Waals surface area contributed by atoms with Crippen LogP contribution in [0, 0.1) is 0 Å². The largest absolute Gasteiger partial charge is 0.481 e. The number of hydrogen-bond acceptors (Lipinski definition) is 6. The first kappa shape index (κ1) is 19.5. The maximum Gasteiger partial charge on any atom is 0.313 e. The lowest BCUT2D eigenvalue weighted by Crippen LogP contribution is -2.50. The van der Waals surface area contributed by atoms with Gasteiger partial charge in [0.15, 0.2) is 0 Å². The number of ether oxygens (including phenoxy) is 1. The van der Waals surface area contributed by atoms with Gasteiger partial charge in [0, 0.05) is 32.2 Å². The van der Waals surface area contributed by atoms with Gasteiger partial charge in [-0.1, -0.05) is 0 Å². The SMILES string of the molecule is CN1CCC(N(CCN2CCOCC2)C(=O)CSCC(=O)O)CC1. The fraction of sp³-hybridized carbons (Fsp3) is 0.875. The number of hydrogen-bond donors (Lipinski definition) is 1. The maximum absolute atomic E-state index is 12.6. The molecule has 0 aliphatic carbocycles. The molecule has 8 heteroatoms. The van der Waals surface area contributed by atoms with Crippen molar-refractivity contribution in [2.24, 2.45) is 0 Å². The minimum atomic E-state index is -0.869. The van der Waals surface area contributed by atoms with E-state index in [9.17, 15) is 9.59 Å². The summed E-state index contributed by atoms with van der Waals surface area (Å²) in [5.74, 6) is -0.561. The van der Waals surface area contributed by atoms with Crippen LogP contribution in [0.4, 0.5) is 0 Å². The van der Waals surface area contributed by atoms with Crippen LogP contribution in [0.15, 0.2) is 0 Å². The van der Waals surface area contributed by atoms with Gasteiger partial charge in [0.25, 0.3) is 0 Å². The average Bonchev–Trinajstić information content (AvgIpc) is 2.57. The van der Waals surface area contributed by atoms with E-state index in [-0.39, 0.29) is 23.5 Å². The Morgan fingerprint density at radius 3 is 2.46 bits per heavy atom. The third-order valence-corrected chi connectivity index (χ3v) is 5.56. The summed E-state index contributed by atoms with van der Waals surface area (Å²) in [5.41, 5.74) is 0. The summed E-state index contributed by atoms with van der Waals surface area (Å²) < 4.78 is 5.37. The molecule has 138 valence electrons. The van der Waals surface area contributed by atoms with Crippen LogP contribution < -0.4 is 0 Å². The van der Waals surface area contributed by atoms with E-state index in [1.54, 1.807) is 0 Å². The fourth-order valence-electron chi connectivity index (χ4n) is 3.20.